The summed E-state index contributed by atoms with van der Waals surface area (Å²) in [5, 5.41) is 2.76. The maximum absolute atomic E-state index is 11.9. The predicted molar refractivity (Wildman–Crippen MR) is 81.5 cm³/mol. The second kappa shape index (κ2) is 6.02. The van der Waals surface area contributed by atoms with Crippen LogP contribution in [0.2, 0.25) is 5.15 Å². The second-order valence-electron chi connectivity index (χ2n) is 6.19. The predicted octanol–water partition coefficient (Wildman–Crippen LogP) is 3.29. The molecule has 0 aromatic carbocycles. The number of aromatic nitrogens is 1. The first-order valence-electron chi connectivity index (χ1n) is 6.60. The Balaban J connectivity index is 3.17. The third-order valence-electron chi connectivity index (χ3n) is 2.82. The Morgan fingerprint density at radius 2 is 1.90 bits per heavy atom. The van der Waals surface area contributed by atoms with Crippen LogP contribution in [0.1, 0.15) is 44.5 Å². The fraction of sp³-hybridized carbons (Fsp3) is 0.533. The van der Waals surface area contributed by atoms with Crippen LogP contribution in [0.25, 0.3) is 0 Å². The molecular formula is C15H21ClN2O3. The van der Waals surface area contributed by atoms with Gasteiger partial charge in [0.2, 0.25) is 0 Å². The van der Waals surface area contributed by atoms with Crippen molar-refractivity contribution >= 4 is 24.0 Å². The number of aryl methyl sites for hydroxylation is 2. The zero-order valence-electron chi connectivity index (χ0n) is 13.2. The van der Waals surface area contributed by atoms with Crippen LogP contribution in [0.4, 0.5) is 4.79 Å². The molecule has 0 aliphatic heterocycles. The first-order valence-corrected chi connectivity index (χ1v) is 6.98. The fourth-order valence-corrected chi connectivity index (χ4v) is 2.56. The van der Waals surface area contributed by atoms with Crippen LogP contribution in [-0.2, 0) is 15.1 Å². The summed E-state index contributed by atoms with van der Waals surface area (Å²) in [4.78, 5) is 27.6. The highest BCUT2D eigenvalue weighted by atomic mass is 35.5. The molecule has 0 aliphatic rings. The van der Waals surface area contributed by atoms with Crippen LogP contribution < -0.4 is 5.32 Å². The molecular weight excluding hydrogens is 292 g/mol. The minimum atomic E-state index is -1.30. The Hall–Kier alpha value is -1.62. The molecule has 0 saturated carbocycles. The Bertz CT molecular complexity index is 544. The molecule has 1 atom stereocenters. The van der Waals surface area contributed by atoms with Gasteiger partial charge in [-0.2, -0.15) is 0 Å². The number of hydrogen-bond acceptors (Lipinski definition) is 4. The summed E-state index contributed by atoms with van der Waals surface area (Å²) in [6.45, 7) is 10.4. The molecule has 6 heteroatoms. The molecule has 1 heterocycles. The lowest BCUT2D eigenvalue weighted by molar-refractivity contribution is -0.113. The normalized spacial score (nSPS) is 14.2. The molecule has 1 rings (SSSR count). The molecule has 116 valence electrons. The van der Waals surface area contributed by atoms with E-state index in [9.17, 15) is 9.59 Å². The first-order chi connectivity index (χ1) is 9.48. The van der Waals surface area contributed by atoms with Gasteiger partial charge in [0.1, 0.15) is 22.6 Å². The highest BCUT2D eigenvalue weighted by Gasteiger charge is 2.34. The summed E-state index contributed by atoms with van der Waals surface area (Å²) < 4.78 is 5.19. The molecule has 21 heavy (non-hydrogen) atoms. The molecule has 1 unspecified atom stereocenters. The van der Waals surface area contributed by atoms with Crippen molar-refractivity contribution in [2.75, 3.05) is 0 Å². The standard InChI is InChI=1S/C15H21ClN2O3/c1-9-7-10(2)17-12(16)11(9)15(6,8-19)18-13(20)21-14(3,4)5/h7-8H,1-6H3,(H,18,20). The van der Waals surface area contributed by atoms with Crippen LogP contribution in [-0.4, -0.2) is 23.0 Å². The Kier molecular flexibility index (Phi) is 4.99. The van der Waals surface area contributed by atoms with E-state index in [1.807, 2.05) is 13.8 Å². The molecule has 0 radical (unpaired) electrons. The zero-order chi connectivity index (χ0) is 16.4. The van der Waals surface area contributed by atoms with Crippen LogP contribution >= 0.6 is 11.6 Å². The molecule has 1 amide bonds. The van der Waals surface area contributed by atoms with Crippen molar-refractivity contribution in [2.24, 2.45) is 0 Å². The quantitative estimate of drug-likeness (QED) is 0.687. The number of halogens is 1. The van der Waals surface area contributed by atoms with Crippen LogP contribution in [0.3, 0.4) is 0 Å². The second-order valence-corrected chi connectivity index (χ2v) is 6.55. The highest BCUT2D eigenvalue weighted by molar-refractivity contribution is 6.30. The third-order valence-corrected chi connectivity index (χ3v) is 3.09. The van der Waals surface area contributed by atoms with Crippen molar-refractivity contribution in [3.05, 3.63) is 28.0 Å². The largest absolute Gasteiger partial charge is 0.444 e. The van der Waals surface area contributed by atoms with Crippen molar-refractivity contribution < 1.29 is 14.3 Å². The van der Waals surface area contributed by atoms with Crippen molar-refractivity contribution in [3.8, 4) is 0 Å². The number of rotatable bonds is 3. The van der Waals surface area contributed by atoms with Gasteiger partial charge >= 0.3 is 6.09 Å². The minimum absolute atomic E-state index is 0.193. The molecule has 5 nitrogen and oxygen atoms in total. The SMILES string of the molecule is Cc1cc(C)c(C(C)(C=O)NC(=O)OC(C)(C)C)c(Cl)n1. The summed E-state index contributed by atoms with van der Waals surface area (Å²) in [6.07, 6.45) is -0.0598. The average molecular weight is 313 g/mol. The van der Waals surface area contributed by atoms with Gasteiger partial charge in [-0.05, 0) is 53.2 Å². The van der Waals surface area contributed by atoms with E-state index < -0.39 is 17.2 Å². The minimum Gasteiger partial charge on any atom is -0.444 e. The van der Waals surface area contributed by atoms with Crippen LogP contribution in [0, 0.1) is 13.8 Å². The van der Waals surface area contributed by atoms with Crippen LogP contribution in [0.5, 0.6) is 0 Å². The number of ether oxygens (including phenoxy) is 1. The van der Waals surface area contributed by atoms with E-state index >= 15 is 0 Å². The number of aldehydes is 1. The van der Waals surface area contributed by atoms with Crippen molar-refractivity contribution in [1.82, 2.24) is 10.3 Å². The van der Waals surface area contributed by atoms with Gasteiger partial charge < -0.3 is 14.8 Å². The van der Waals surface area contributed by atoms with Gasteiger partial charge in [0.05, 0.1) is 0 Å². The smallest absolute Gasteiger partial charge is 0.408 e. The molecule has 0 fully saturated rings. The number of amides is 1. The van der Waals surface area contributed by atoms with E-state index in [1.165, 1.54) is 0 Å². The molecule has 0 aliphatic carbocycles. The van der Waals surface area contributed by atoms with Crippen molar-refractivity contribution in [1.29, 1.82) is 0 Å². The lowest BCUT2D eigenvalue weighted by atomic mass is 9.91. The molecule has 0 saturated heterocycles. The Morgan fingerprint density at radius 3 is 2.33 bits per heavy atom. The van der Waals surface area contributed by atoms with E-state index in [0.717, 1.165) is 11.3 Å². The summed E-state index contributed by atoms with van der Waals surface area (Å²) in [5.41, 5.74) is 0.0307. The molecule has 0 spiro atoms. The van der Waals surface area contributed by atoms with E-state index in [4.69, 9.17) is 16.3 Å². The van der Waals surface area contributed by atoms with Gasteiger partial charge in [0, 0.05) is 11.3 Å². The number of nitrogens with one attached hydrogen (secondary N) is 1. The Labute approximate surface area is 130 Å². The van der Waals surface area contributed by atoms with Crippen LogP contribution in [0.15, 0.2) is 6.07 Å². The number of pyridine rings is 1. The summed E-state index contributed by atoms with van der Waals surface area (Å²) in [7, 11) is 0. The zero-order valence-corrected chi connectivity index (χ0v) is 14.0. The summed E-state index contributed by atoms with van der Waals surface area (Å²) >= 11 is 6.15. The van der Waals surface area contributed by atoms with E-state index in [-0.39, 0.29) is 5.15 Å². The molecule has 1 N–H and O–H groups in total. The highest BCUT2D eigenvalue weighted by Crippen LogP contribution is 2.29. The monoisotopic (exact) mass is 312 g/mol. The summed E-state index contributed by atoms with van der Waals surface area (Å²) in [6, 6.07) is 1.81. The molecule has 1 aromatic rings. The average Bonchev–Trinajstić information content (AvgIpc) is 2.24. The van der Waals surface area contributed by atoms with Gasteiger partial charge in [-0.15, -0.1) is 0 Å². The van der Waals surface area contributed by atoms with Crippen molar-refractivity contribution in [3.63, 3.8) is 0 Å². The van der Waals surface area contributed by atoms with E-state index in [2.05, 4.69) is 10.3 Å². The van der Waals surface area contributed by atoms with Gasteiger partial charge in [-0.3, -0.25) is 0 Å². The van der Waals surface area contributed by atoms with Gasteiger partial charge in [0.15, 0.2) is 0 Å². The summed E-state index contributed by atoms with van der Waals surface area (Å²) in [5.74, 6) is 0. The first kappa shape index (κ1) is 17.4. The number of carbonyl (C=O) groups excluding carboxylic acids is 2. The number of nitrogens with zero attached hydrogens (tertiary/aromatic N) is 1. The topological polar surface area (TPSA) is 68.3 Å². The van der Waals surface area contributed by atoms with Gasteiger partial charge in [-0.25, -0.2) is 9.78 Å². The lowest BCUT2D eigenvalue weighted by Gasteiger charge is -2.29. The molecule has 0 bridgehead atoms. The van der Waals surface area contributed by atoms with Crippen molar-refractivity contribution in [2.45, 2.75) is 52.7 Å². The fourth-order valence-electron chi connectivity index (χ4n) is 2.08. The maximum atomic E-state index is 11.9. The van der Waals surface area contributed by atoms with E-state index in [0.29, 0.717) is 11.8 Å². The lowest BCUT2D eigenvalue weighted by Crippen LogP contribution is -2.47. The number of carbonyl (C=O) groups is 2. The molecule has 1 aromatic heterocycles. The number of hydrogen-bond donors (Lipinski definition) is 1. The van der Waals surface area contributed by atoms with Gasteiger partial charge in [0.25, 0.3) is 0 Å². The Morgan fingerprint density at radius 1 is 1.33 bits per heavy atom. The third kappa shape index (κ3) is 4.43. The number of alkyl carbamates (subject to hydrolysis) is 1. The maximum Gasteiger partial charge on any atom is 0.408 e. The van der Waals surface area contributed by atoms with E-state index in [1.54, 1.807) is 33.8 Å². The van der Waals surface area contributed by atoms with Gasteiger partial charge in [-0.1, -0.05) is 11.6 Å².